The van der Waals surface area contributed by atoms with Crippen LogP contribution in [-0.2, 0) is 6.54 Å². The van der Waals surface area contributed by atoms with Gasteiger partial charge >= 0.3 is 0 Å². The molecule has 174 valence electrons. The minimum absolute atomic E-state index is 0.0464. The maximum Gasteiger partial charge on any atom is 0.298 e. The Balaban J connectivity index is 1.57. The highest BCUT2D eigenvalue weighted by molar-refractivity contribution is 6.00. The van der Waals surface area contributed by atoms with Gasteiger partial charge in [0.05, 0.1) is 23.5 Å². The number of aromatic hydroxyl groups is 1. The number of carbonyl (C=O) groups excluding carboxylic acids is 1. The number of aromatic nitrogens is 3. The largest absolute Gasteiger partial charge is 0.503 e. The second kappa shape index (κ2) is 10.1. The van der Waals surface area contributed by atoms with E-state index in [0.29, 0.717) is 12.1 Å². The van der Waals surface area contributed by atoms with Crippen LogP contribution in [0.15, 0.2) is 65.3 Å². The maximum absolute atomic E-state index is 14.0. The van der Waals surface area contributed by atoms with Crippen molar-refractivity contribution in [3.63, 3.8) is 0 Å². The number of nitrogens with two attached hydrogens (primary N) is 1. The lowest BCUT2D eigenvalue weighted by Gasteiger charge is -2.17. The van der Waals surface area contributed by atoms with Gasteiger partial charge in [0, 0.05) is 30.2 Å². The second-order valence-electron chi connectivity index (χ2n) is 7.71. The van der Waals surface area contributed by atoms with Crippen LogP contribution in [0, 0.1) is 11.3 Å². The van der Waals surface area contributed by atoms with Gasteiger partial charge in [0.15, 0.2) is 17.4 Å². The number of benzene rings is 1. The van der Waals surface area contributed by atoms with E-state index < -0.39 is 11.9 Å². The fraction of sp³-hybridized carbons (Fsp3) is 0.217. The number of allylic oxidation sites excluding steroid dienone is 1. The van der Waals surface area contributed by atoms with E-state index in [2.05, 4.69) is 30.7 Å². The molecule has 1 unspecified atom stereocenters. The van der Waals surface area contributed by atoms with Gasteiger partial charge in [0.1, 0.15) is 5.82 Å². The van der Waals surface area contributed by atoms with E-state index in [9.17, 15) is 14.3 Å². The molecular formula is C23H23FN8O2. The molecule has 1 atom stereocenters. The lowest BCUT2D eigenvalue weighted by atomic mass is 10.1. The summed E-state index contributed by atoms with van der Waals surface area (Å²) in [4.78, 5) is 24.3. The van der Waals surface area contributed by atoms with Crippen molar-refractivity contribution in [1.82, 2.24) is 20.3 Å². The zero-order valence-electron chi connectivity index (χ0n) is 18.1. The zero-order chi connectivity index (χ0) is 24.1. The van der Waals surface area contributed by atoms with Crippen LogP contribution in [-0.4, -0.2) is 26.0 Å². The summed E-state index contributed by atoms with van der Waals surface area (Å²) in [6.07, 6.45) is 6.35. The van der Waals surface area contributed by atoms with Crippen molar-refractivity contribution < 1.29 is 14.3 Å². The molecule has 10 nitrogen and oxygen atoms in total. The molecule has 11 heteroatoms. The summed E-state index contributed by atoms with van der Waals surface area (Å²) in [5, 5.41) is 19.4. The van der Waals surface area contributed by atoms with Crippen molar-refractivity contribution in [3.8, 4) is 5.75 Å². The molecule has 1 aromatic carbocycles. The van der Waals surface area contributed by atoms with E-state index in [1.807, 2.05) is 0 Å². The lowest BCUT2D eigenvalue weighted by molar-refractivity contribution is 0.0991. The smallest absolute Gasteiger partial charge is 0.298 e. The van der Waals surface area contributed by atoms with E-state index in [0.717, 1.165) is 30.5 Å². The van der Waals surface area contributed by atoms with E-state index in [1.54, 1.807) is 18.2 Å². The molecule has 1 amide bonds. The molecule has 1 aliphatic carbocycles. The molecule has 0 spiro atoms. The second-order valence-corrected chi connectivity index (χ2v) is 7.71. The minimum Gasteiger partial charge on any atom is -0.503 e. The molecule has 0 saturated heterocycles. The molecule has 6 N–H and O–H groups in total. The SMILES string of the molecule is N=NC(=O)c1cnccc1Nc1nc(C(N)C2=C(NCc3ccccc3F)CCC2)ncc1O. The first kappa shape index (κ1) is 22.9. The molecule has 34 heavy (non-hydrogen) atoms. The van der Waals surface area contributed by atoms with Gasteiger partial charge in [-0.1, -0.05) is 18.2 Å². The first-order valence-corrected chi connectivity index (χ1v) is 10.6. The van der Waals surface area contributed by atoms with Gasteiger partial charge in [-0.3, -0.25) is 9.78 Å². The summed E-state index contributed by atoms with van der Waals surface area (Å²) in [5.74, 6) is -0.987. The molecule has 0 fully saturated rings. The van der Waals surface area contributed by atoms with Crippen LogP contribution in [0.2, 0.25) is 0 Å². The van der Waals surface area contributed by atoms with E-state index in [1.165, 1.54) is 30.7 Å². The average molecular weight is 462 g/mol. The van der Waals surface area contributed by atoms with Crippen LogP contribution in [0.4, 0.5) is 15.9 Å². The summed E-state index contributed by atoms with van der Waals surface area (Å²) < 4.78 is 14.0. The van der Waals surface area contributed by atoms with Crippen molar-refractivity contribution in [2.24, 2.45) is 10.8 Å². The molecule has 2 aromatic heterocycles. The Morgan fingerprint density at radius 2 is 2.09 bits per heavy atom. The molecule has 0 saturated carbocycles. The van der Waals surface area contributed by atoms with E-state index in [4.69, 9.17) is 11.3 Å². The summed E-state index contributed by atoms with van der Waals surface area (Å²) in [5.41, 5.74) is 16.2. The zero-order valence-corrected chi connectivity index (χ0v) is 18.1. The maximum atomic E-state index is 14.0. The highest BCUT2D eigenvalue weighted by atomic mass is 19.1. The molecule has 2 heterocycles. The Labute approximate surface area is 194 Å². The molecule has 3 aromatic rings. The van der Waals surface area contributed by atoms with E-state index in [-0.39, 0.29) is 34.5 Å². The Morgan fingerprint density at radius 3 is 2.88 bits per heavy atom. The number of amides is 1. The first-order chi connectivity index (χ1) is 16.5. The number of hydrogen-bond acceptors (Lipinski definition) is 9. The van der Waals surface area contributed by atoms with Gasteiger partial charge in [-0.2, -0.15) is 0 Å². The fourth-order valence-corrected chi connectivity index (χ4v) is 3.80. The van der Waals surface area contributed by atoms with Crippen LogP contribution in [0.3, 0.4) is 0 Å². The van der Waals surface area contributed by atoms with Crippen LogP contribution in [0.5, 0.6) is 5.75 Å². The number of hydrogen-bond donors (Lipinski definition) is 5. The monoisotopic (exact) mass is 462 g/mol. The summed E-state index contributed by atoms with van der Waals surface area (Å²) >= 11 is 0. The topological polar surface area (TPSA) is 162 Å². The molecular weight excluding hydrogens is 439 g/mol. The fourth-order valence-electron chi connectivity index (χ4n) is 3.80. The van der Waals surface area contributed by atoms with Crippen LogP contribution >= 0.6 is 0 Å². The minimum atomic E-state index is -0.789. The number of pyridine rings is 1. The van der Waals surface area contributed by atoms with E-state index >= 15 is 0 Å². The molecule has 0 bridgehead atoms. The predicted molar refractivity (Wildman–Crippen MR) is 122 cm³/mol. The number of nitrogens with one attached hydrogen (secondary N) is 3. The normalized spacial score (nSPS) is 14.1. The van der Waals surface area contributed by atoms with Crippen molar-refractivity contribution in [2.45, 2.75) is 31.8 Å². The Hall–Kier alpha value is -4.25. The lowest BCUT2D eigenvalue weighted by Crippen LogP contribution is -2.21. The molecule has 1 aliphatic rings. The number of carbonyl (C=O) groups is 1. The van der Waals surface area contributed by atoms with Gasteiger partial charge in [0.25, 0.3) is 5.91 Å². The third-order valence-corrected chi connectivity index (χ3v) is 5.56. The highest BCUT2D eigenvalue weighted by Crippen LogP contribution is 2.34. The summed E-state index contributed by atoms with van der Waals surface area (Å²) in [6.45, 7) is 0.335. The summed E-state index contributed by atoms with van der Waals surface area (Å²) in [7, 11) is 0. The first-order valence-electron chi connectivity index (χ1n) is 10.6. The van der Waals surface area contributed by atoms with Crippen LogP contribution in [0.1, 0.15) is 47.1 Å². The standard InChI is InChI=1S/C23H23FN8O2/c24-16-6-2-1-4-13(16)10-28-17-7-3-5-14(17)20(25)22-29-12-19(33)21(31-22)30-18-8-9-27-11-15(18)23(34)32-26/h1-2,4,6,8-9,11-12,20,26,28,33H,3,5,7,10,25H2,(H,27,29,30,31). The van der Waals surface area contributed by atoms with Gasteiger partial charge in [0.2, 0.25) is 0 Å². The number of rotatable bonds is 8. The molecule has 0 aliphatic heterocycles. The quantitative estimate of drug-likeness (QED) is 0.315. The predicted octanol–water partition coefficient (Wildman–Crippen LogP) is 3.86. The Morgan fingerprint density at radius 1 is 1.26 bits per heavy atom. The summed E-state index contributed by atoms with van der Waals surface area (Å²) in [6, 6.07) is 7.44. The van der Waals surface area contributed by atoms with Gasteiger partial charge in [-0.15, -0.1) is 5.11 Å². The molecule has 0 radical (unpaired) electrons. The van der Waals surface area contributed by atoms with Crippen molar-refractivity contribution >= 4 is 17.4 Å². The van der Waals surface area contributed by atoms with Crippen molar-refractivity contribution in [3.05, 3.63) is 83.0 Å². The number of anilines is 2. The number of nitrogens with zero attached hydrogens (tertiary/aromatic N) is 4. The third-order valence-electron chi connectivity index (χ3n) is 5.56. The molecule has 4 rings (SSSR count). The Kier molecular flexibility index (Phi) is 6.83. The highest BCUT2D eigenvalue weighted by Gasteiger charge is 2.24. The Bertz CT molecular complexity index is 1260. The van der Waals surface area contributed by atoms with Gasteiger partial charge < -0.3 is 21.5 Å². The van der Waals surface area contributed by atoms with Crippen molar-refractivity contribution in [1.29, 1.82) is 5.53 Å². The van der Waals surface area contributed by atoms with Crippen LogP contribution < -0.4 is 16.4 Å². The third kappa shape index (κ3) is 4.89. The van der Waals surface area contributed by atoms with Crippen LogP contribution in [0.25, 0.3) is 0 Å². The number of halogens is 1. The van der Waals surface area contributed by atoms with Crippen molar-refractivity contribution in [2.75, 3.05) is 5.32 Å². The average Bonchev–Trinajstić information content (AvgIpc) is 3.33. The van der Waals surface area contributed by atoms with Gasteiger partial charge in [-0.05, 0) is 37.0 Å². The van der Waals surface area contributed by atoms with Gasteiger partial charge in [-0.25, -0.2) is 19.9 Å².